The van der Waals surface area contributed by atoms with E-state index in [1.165, 1.54) is 12.1 Å². The van der Waals surface area contributed by atoms with Crippen molar-refractivity contribution < 1.29 is 22.7 Å². The Bertz CT molecular complexity index is 1870. The van der Waals surface area contributed by atoms with Gasteiger partial charge in [0, 0.05) is 22.4 Å². The lowest BCUT2D eigenvalue weighted by molar-refractivity contribution is 0.0975. The van der Waals surface area contributed by atoms with Crippen LogP contribution in [0.3, 0.4) is 0 Å². The summed E-state index contributed by atoms with van der Waals surface area (Å²) in [7, 11) is -2.35. The molecule has 0 amide bonds. The highest BCUT2D eigenvalue weighted by Gasteiger charge is 2.39. The third kappa shape index (κ3) is 3.98. The molecule has 0 saturated carbocycles. The monoisotopic (exact) mass is 534 g/mol. The van der Waals surface area contributed by atoms with Crippen molar-refractivity contribution in [2.24, 2.45) is 5.14 Å². The van der Waals surface area contributed by atoms with Crippen LogP contribution in [-0.4, -0.2) is 31.7 Å². The van der Waals surface area contributed by atoms with Gasteiger partial charge >= 0.3 is 0 Å². The first-order valence-corrected chi connectivity index (χ1v) is 13.6. The largest absolute Gasteiger partial charge is 0.497 e. The number of methoxy groups -OCH3 is 1. The molecule has 192 valence electrons. The Kier molecular flexibility index (Phi) is 5.79. The molecule has 4 aromatic carbocycles. The summed E-state index contributed by atoms with van der Waals surface area (Å²) in [6.45, 7) is 0. The summed E-state index contributed by atoms with van der Waals surface area (Å²) in [6, 6.07) is 29.5. The highest BCUT2D eigenvalue weighted by Crippen LogP contribution is 2.45. The van der Waals surface area contributed by atoms with Crippen molar-refractivity contribution in [1.82, 2.24) is 4.57 Å². The van der Waals surface area contributed by atoms with Gasteiger partial charge in [0.15, 0.2) is 5.78 Å². The highest BCUT2D eigenvalue weighted by atomic mass is 32.2. The van der Waals surface area contributed by atoms with Gasteiger partial charge in [-0.25, -0.2) is 13.6 Å². The Morgan fingerprint density at radius 2 is 1.23 bits per heavy atom. The second kappa shape index (κ2) is 9.20. The van der Waals surface area contributed by atoms with E-state index < -0.39 is 10.0 Å². The van der Waals surface area contributed by atoms with Crippen LogP contribution < -0.4 is 9.88 Å². The van der Waals surface area contributed by atoms with Crippen LogP contribution in [0.25, 0.3) is 28.1 Å². The third-order valence-corrected chi connectivity index (χ3v) is 7.81. The van der Waals surface area contributed by atoms with Crippen LogP contribution in [0, 0.1) is 0 Å². The van der Waals surface area contributed by atoms with Crippen LogP contribution >= 0.6 is 0 Å². The minimum atomic E-state index is -3.92. The minimum absolute atomic E-state index is 0.0422. The van der Waals surface area contributed by atoms with Crippen molar-refractivity contribution in [3.8, 4) is 33.8 Å². The van der Waals surface area contributed by atoms with Gasteiger partial charge in [-0.2, -0.15) is 0 Å². The van der Waals surface area contributed by atoms with E-state index in [2.05, 4.69) is 0 Å². The van der Waals surface area contributed by atoms with Crippen LogP contribution in [-0.2, 0) is 10.0 Å². The van der Waals surface area contributed by atoms with Crippen LogP contribution in [0.2, 0.25) is 0 Å². The number of benzene rings is 4. The van der Waals surface area contributed by atoms with Crippen molar-refractivity contribution in [2.45, 2.75) is 4.90 Å². The van der Waals surface area contributed by atoms with Crippen LogP contribution in [0.5, 0.6) is 5.75 Å². The summed E-state index contributed by atoms with van der Waals surface area (Å²) < 4.78 is 31.0. The molecular formula is C31H22N2O5S. The Labute approximate surface area is 225 Å². The number of carbonyl (C=O) groups is 2. The summed E-state index contributed by atoms with van der Waals surface area (Å²) in [5, 5.41) is 5.35. The zero-order valence-corrected chi connectivity index (χ0v) is 21.6. The van der Waals surface area contributed by atoms with Crippen molar-refractivity contribution in [3.63, 3.8) is 0 Å². The van der Waals surface area contributed by atoms with Crippen LogP contribution in [0.4, 0.5) is 0 Å². The van der Waals surface area contributed by atoms with E-state index in [0.717, 1.165) is 5.56 Å². The number of aromatic nitrogens is 1. The molecule has 1 aromatic heterocycles. The molecule has 0 saturated heterocycles. The first-order chi connectivity index (χ1) is 18.8. The molecule has 1 aliphatic rings. The lowest BCUT2D eigenvalue weighted by Gasteiger charge is -2.18. The molecular weight excluding hydrogens is 512 g/mol. The Morgan fingerprint density at radius 1 is 0.641 bits per heavy atom. The zero-order valence-electron chi connectivity index (χ0n) is 20.8. The summed E-state index contributed by atoms with van der Waals surface area (Å²) in [5.74, 6) is 0.101. The molecule has 0 radical (unpaired) electrons. The van der Waals surface area contributed by atoms with E-state index in [-0.39, 0.29) is 22.2 Å². The summed E-state index contributed by atoms with van der Waals surface area (Å²) in [6.07, 6.45) is 0. The average molecular weight is 535 g/mol. The van der Waals surface area contributed by atoms with Crippen molar-refractivity contribution >= 4 is 21.6 Å². The number of ether oxygens (including phenoxy) is 1. The zero-order chi connectivity index (χ0) is 27.3. The molecule has 7 nitrogen and oxygen atoms in total. The smallest absolute Gasteiger partial charge is 0.238 e. The van der Waals surface area contributed by atoms with E-state index in [4.69, 9.17) is 9.88 Å². The lowest BCUT2D eigenvalue weighted by atomic mass is 9.84. The number of hydrogen-bond donors (Lipinski definition) is 1. The Morgan fingerprint density at radius 3 is 1.82 bits per heavy atom. The number of fused-ring (bicyclic) bond motifs is 2. The van der Waals surface area contributed by atoms with Crippen molar-refractivity contribution in [2.75, 3.05) is 7.11 Å². The number of carbonyl (C=O) groups excluding carboxylic acids is 2. The molecule has 1 heterocycles. The molecule has 0 bridgehead atoms. The first-order valence-electron chi connectivity index (χ1n) is 12.1. The van der Waals surface area contributed by atoms with Gasteiger partial charge in [0.05, 0.1) is 23.3 Å². The van der Waals surface area contributed by atoms with Crippen molar-refractivity contribution in [3.05, 3.63) is 126 Å². The van der Waals surface area contributed by atoms with Crippen molar-refractivity contribution in [1.29, 1.82) is 0 Å². The fraction of sp³-hybridized carbons (Fsp3) is 0.0323. The summed E-state index contributed by atoms with van der Waals surface area (Å²) >= 11 is 0. The van der Waals surface area contributed by atoms with Gasteiger partial charge in [0.25, 0.3) is 0 Å². The standard InChI is InChI=1S/C31H22N2O5S/c1-38-22-15-13-21(14-16-22)33-28(20-11-17-23(18-12-20)39(32,36)37)26(19-7-3-2-4-8-19)27-29(33)31(35)25-10-6-5-9-24(25)30(27)34/h2-18H,1H3,(H2,32,36,37). The maximum Gasteiger partial charge on any atom is 0.238 e. The number of nitrogens with zero attached hydrogens (tertiary/aromatic N) is 1. The second-order valence-electron chi connectivity index (χ2n) is 9.12. The summed E-state index contributed by atoms with van der Waals surface area (Å²) in [5.41, 5.74) is 4.36. The van der Waals surface area contributed by atoms with E-state index in [0.29, 0.717) is 44.9 Å². The molecule has 6 rings (SSSR count). The number of sulfonamides is 1. The number of primary sulfonamides is 1. The quantitative estimate of drug-likeness (QED) is 0.325. The van der Waals surface area contributed by atoms with E-state index in [1.807, 2.05) is 42.5 Å². The summed E-state index contributed by atoms with van der Waals surface area (Å²) in [4.78, 5) is 28.1. The van der Waals surface area contributed by atoms with Gasteiger partial charge in [-0.05, 0) is 47.5 Å². The van der Waals surface area contributed by atoms with E-state index in [1.54, 1.807) is 60.2 Å². The Balaban J connectivity index is 1.76. The fourth-order valence-corrected chi connectivity index (χ4v) is 5.62. The molecule has 8 heteroatoms. The fourth-order valence-electron chi connectivity index (χ4n) is 5.10. The normalized spacial score (nSPS) is 12.7. The van der Waals surface area contributed by atoms with Gasteiger partial charge in [-0.3, -0.25) is 9.59 Å². The van der Waals surface area contributed by atoms with Crippen LogP contribution in [0.15, 0.2) is 108 Å². The number of ketones is 2. The van der Waals surface area contributed by atoms with Crippen LogP contribution in [0.1, 0.15) is 32.0 Å². The van der Waals surface area contributed by atoms with Gasteiger partial charge in [-0.1, -0.05) is 66.7 Å². The molecule has 0 spiro atoms. The van der Waals surface area contributed by atoms with Gasteiger partial charge in [-0.15, -0.1) is 0 Å². The molecule has 0 fully saturated rings. The van der Waals surface area contributed by atoms with E-state index >= 15 is 0 Å². The molecule has 0 atom stereocenters. The number of rotatable bonds is 5. The Hall–Kier alpha value is -4.79. The molecule has 2 N–H and O–H groups in total. The SMILES string of the molecule is COc1ccc(-n2c3c(c(-c4ccccc4)c2-c2ccc(S(N)(=O)=O)cc2)C(=O)c2ccccc2C3=O)cc1. The molecule has 1 aliphatic carbocycles. The topological polar surface area (TPSA) is 108 Å². The maximum absolute atomic E-state index is 14.1. The predicted molar refractivity (Wildman–Crippen MR) is 148 cm³/mol. The van der Waals surface area contributed by atoms with Gasteiger partial charge in [0.2, 0.25) is 15.8 Å². The number of hydrogen-bond acceptors (Lipinski definition) is 5. The average Bonchev–Trinajstić information content (AvgIpc) is 3.33. The maximum atomic E-state index is 14.1. The van der Waals surface area contributed by atoms with Gasteiger partial charge < -0.3 is 9.30 Å². The predicted octanol–water partition coefficient (Wildman–Crippen LogP) is 5.24. The lowest BCUT2D eigenvalue weighted by Crippen LogP contribution is -2.22. The molecule has 39 heavy (non-hydrogen) atoms. The molecule has 5 aromatic rings. The number of nitrogens with two attached hydrogens (primary N) is 1. The third-order valence-electron chi connectivity index (χ3n) is 6.88. The molecule has 0 aliphatic heterocycles. The van der Waals surface area contributed by atoms with Gasteiger partial charge in [0.1, 0.15) is 11.4 Å². The minimum Gasteiger partial charge on any atom is -0.497 e. The second-order valence-corrected chi connectivity index (χ2v) is 10.7. The molecule has 0 unspecified atom stereocenters. The highest BCUT2D eigenvalue weighted by molar-refractivity contribution is 7.89. The van der Waals surface area contributed by atoms with E-state index in [9.17, 15) is 18.0 Å². The first kappa shape index (κ1) is 24.5.